The Balaban J connectivity index is 1.39. The number of nitrogens with zero attached hydrogens (tertiary/aromatic N) is 7. The minimum Gasteiger partial charge on any atom is -0.337 e. The quantitative estimate of drug-likeness (QED) is 0.702. The molecule has 5 rings (SSSR count). The number of carbonyl (C=O) groups is 1. The average molecular weight is 337 g/mol. The third-order valence-corrected chi connectivity index (χ3v) is 4.91. The molecule has 3 heterocycles. The molecule has 0 spiro atoms. The number of hydrogen-bond donors (Lipinski definition) is 0. The first-order valence-corrected chi connectivity index (χ1v) is 8.19. The second-order valence-electron chi connectivity index (χ2n) is 6.48. The molecule has 2 aromatic heterocycles. The lowest BCUT2D eigenvalue weighted by molar-refractivity contribution is -0.117. The summed E-state index contributed by atoms with van der Waals surface area (Å²) in [4.78, 5) is 18.7. The predicted molar refractivity (Wildman–Crippen MR) is 84.6 cm³/mol. The van der Waals surface area contributed by atoms with Crippen LogP contribution in [0.15, 0.2) is 41.2 Å². The average Bonchev–Trinajstić information content (AvgIpc) is 3.07. The van der Waals surface area contributed by atoms with Gasteiger partial charge in [0.25, 0.3) is 5.89 Å². The Morgan fingerprint density at radius 1 is 1.20 bits per heavy atom. The molecule has 1 amide bonds. The predicted octanol–water partition coefficient (Wildman–Crippen LogP) is 1.11. The minimum absolute atomic E-state index is 0.0733. The van der Waals surface area contributed by atoms with Crippen LogP contribution < -0.4 is 4.90 Å². The molecule has 3 aromatic rings. The number of benzene rings is 1. The third-order valence-electron chi connectivity index (χ3n) is 4.91. The van der Waals surface area contributed by atoms with Gasteiger partial charge >= 0.3 is 0 Å². The van der Waals surface area contributed by atoms with Crippen molar-refractivity contribution in [3.63, 3.8) is 0 Å². The van der Waals surface area contributed by atoms with Gasteiger partial charge in [0.05, 0.1) is 0 Å². The van der Waals surface area contributed by atoms with Gasteiger partial charge < -0.3 is 9.42 Å². The highest BCUT2D eigenvalue weighted by molar-refractivity contribution is 5.96. The monoisotopic (exact) mass is 337 g/mol. The van der Waals surface area contributed by atoms with Crippen LogP contribution >= 0.6 is 0 Å². The van der Waals surface area contributed by atoms with Crippen molar-refractivity contribution in [1.82, 2.24) is 30.3 Å². The van der Waals surface area contributed by atoms with E-state index in [9.17, 15) is 4.79 Å². The smallest absolute Gasteiger partial charge is 0.254 e. The van der Waals surface area contributed by atoms with Gasteiger partial charge in [-0.2, -0.15) is 4.98 Å². The van der Waals surface area contributed by atoms with E-state index in [1.165, 1.54) is 0 Å². The number of carbonyl (C=O) groups excluding carboxylic acids is 1. The first kappa shape index (κ1) is 14.3. The van der Waals surface area contributed by atoms with Gasteiger partial charge in [-0.25, -0.2) is 4.68 Å². The third kappa shape index (κ3) is 2.23. The number of hydrogen-bond acceptors (Lipinski definition) is 7. The van der Waals surface area contributed by atoms with E-state index in [1.807, 2.05) is 30.3 Å². The Morgan fingerprint density at radius 3 is 2.76 bits per heavy atom. The molecule has 1 saturated heterocycles. The van der Waals surface area contributed by atoms with E-state index in [-0.39, 0.29) is 11.8 Å². The molecule has 1 aromatic carbocycles. The lowest BCUT2D eigenvalue weighted by atomic mass is 10.1. The van der Waals surface area contributed by atoms with Crippen LogP contribution in [0.3, 0.4) is 0 Å². The second kappa shape index (κ2) is 5.20. The maximum Gasteiger partial charge on any atom is 0.254 e. The van der Waals surface area contributed by atoms with Gasteiger partial charge in [-0.05, 0) is 35.4 Å². The molecule has 0 bridgehead atoms. The lowest BCUT2D eigenvalue weighted by Crippen LogP contribution is -2.24. The highest BCUT2D eigenvalue weighted by atomic mass is 16.5. The standard InChI is InChI=1S/C16H15N7O2/c24-13-8-11(9-22(13)12-4-2-1-3-5-12)14-18-15(25-19-14)16(6-7-16)23-10-17-20-21-23/h1-5,10-11H,6-9H2. The van der Waals surface area contributed by atoms with Gasteiger partial charge in [-0.1, -0.05) is 23.4 Å². The molecular formula is C16H15N7O2. The Bertz CT molecular complexity index is 902. The zero-order chi connectivity index (χ0) is 16.9. The first-order valence-electron chi connectivity index (χ1n) is 8.19. The summed E-state index contributed by atoms with van der Waals surface area (Å²) in [6.07, 6.45) is 3.66. The van der Waals surface area contributed by atoms with E-state index in [1.54, 1.807) is 15.9 Å². The number of anilines is 1. The molecular weight excluding hydrogens is 322 g/mol. The summed E-state index contributed by atoms with van der Waals surface area (Å²) in [6, 6.07) is 9.63. The molecule has 1 atom stereocenters. The molecule has 2 fully saturated rings. The topological polar surface area (TPSA) is 103 Å². The minimum atomic E-state index is -0.420. The van der Waals surface area contributed by atoms with E-state index in [0.717, 1.165) is 18.5 Å². The van der Waals surface area contributed by atoms with Crippen molar-refractivity contribution in [2.24, 2.45) is 0 Å². The van der Waals surface area contributed by atoms with Crippen LogP contribution in [-0.2, 0) is 10.3 Å². The summed E-state index contributed by atoms with van der Waals surface area (Å²) in [5.41, 5.74) is 0.474. The molecule has 1 saturated carbocycles. The van der Waals surface area contributed by atoms with E-state index in [0.29, 0.717) is 24.7 Å². The molecule has 1 aliphatic carbocycles. The summed E-state index contributed by atoms with van der Waals surface area (Å²) in [5.74, 6) is 1.08. The summed E-state index contributed by atoms with van der Waals surface area (Å²) >= 11 is 0. The van der Waals surface area contributed by atoms with Crippen molar-refractivity contribution in [1.29, 1.82) is 0 Å². The van der Waals surface area contributed by atoms with Crippen LogP contribution in [0.2, 0.25) is 0 Å². The van der Waals surface area contributed by atoms with Gasteiger partial charge in [-0.3, -0.25) is 4.79 Å². The van der Waals surface area contributed by atoms with Gasteiger partial charge in [-0.15, -0.1) is 5.10 Å². The maximum absolute atomic E-state index is 12.4. The Labute approximate surface area is 142 Å². The number of rotatable bonds is 4. The summed E-state index contributed by atoms with van der Waals surface area (Å²) in [7, 11) is 0. The molecule has 0 N–H and O–H groups in total. The Kier molecular flexibility index (Phi) is 2.97. The number of amides is 1. The molecule has 2 aliphatic rings. The van der Waals surface area contributed by atoms with E-state index >= 15 is 0 Å². The fourth-order valence-electron chi connectivity index (χ4n) is 3.34. The molecule has 1 unspecified atom stereocenters. The Morgan fingerprint density at radius 2 is 2.04 bits per heavy atom. The van der Waals surface area contributed by atoms with Crippen LogP contribution in [-0.4, -0.2) is 42.8 Å². The van der Waals surface area contributed by atoms with Crippen molar-refractivity contribution in [3.8, 4) is 0 Å². The van der Waals surface area contributed by atoms with E-state index in [4.69, 9.17) is 4.52 Å². The van der Waals surface area contributed by atoms with Crippen molar-refractivity contribution < 1.29 is 9.32 Å². The SMILES string of the molecule is O=C1CC(c2noc(C3(n4cnnn4)CC3)n2)CN1c1ccccc1. The number of aromatic nitrogens is 6. The summed E-state index contributed by atoms with van der Waals surface area (Å²) in [5, 5.41) is 15.5. The molecule has 1 aliphatic heterocycles. The number of para-hydroxylation sites is 1. The first-order chi connectivity index (χ1) is 12.3. The summed E-state index contributed by atoms with van der Waals surface area (Å²) < 4.78 is 7.16. The van der Waals surface area contributed by atoms with E-state index in [2.05, 4.69) is 25.7 Å². The van der Waals surface area contributed by atoms with Crippen LogP contribution in [0.1, 0.15) is 36.9 Å². The zero-order valence-corrected chi connectivity index (χ0v) is 13.3. The zero-order valence-electron chi connectivity index (χ0n) is 13.3. The van der Waals surface area contributed by atoms with Crippen molar-refractivity contribution in [3.05, 3.63) is 48.4 Å². The molecule has 9 heteroatoms. The molecule has 9 nitrogen and oxygen atoms in total. The van der Waals surface area contributed by atoms with Crippen LogP contribution in [0, 0.1) is 0 Å². The van der Waals surface area contributed by atoms with Crippen LogP contribution in [0.5, 0.6) is 0 Å². The van der Waals surface area contributed by atoms with Crippen molar-refractivity contribution >= 4 is 11.6 Å². The van der Waals surface area contributed by atoms with Crippen LogP contribution in [0.4, 0.5) is 5.69 Å². The normalized spacial score (nSPS) is 21.7. The Hall–Kier alpha value is -3.10. The number of tetrazole rings is 1. The maximum atomic E-state index is 12.4. The fraction of sp³-hybridized carbons (Fsp3) is 0.375. The van der Waals surface area contributed by atoms with Crippen LogP contribution in [0.25, 0.3) is 0 Å². The highest BCUT2D eigenvalue weighted by Crippen LogP contribution is 2.48. The largest absolute Gasteiger partial charge is 0.337 e. The van der Waals surface area contributed by atoms with Crippen molar-refractivity contribution in [2.75, 3.05) is 11.4 Å². The van der Waals surface area contributed by atoms with Gasteiger partial charge in [0, 0.05) is 24.6 Å². The van der Waals surface area contributed by atoms with Gasteiger partial charge in [0.15, 0.2) is 5.82 Å². The summed E-state index contributed by atoms with van der Waals surface area (Å²) in [6.45, 7) is 0.555. The fourth-order valence-corrected chi connectivity index (χ4v) is 3.34. The van der Waals surface area contributed by atoms with E-state index < -0.39 is 5.54 Å². The molecule has 25 heavy (non-hydrogen) atoms. The van der Waals surface area contributed by atoms with Gasteiger partial charge in [0.1, 0.15) is 11.9 Å². The lowest BCUT2D eigenvalue weighted by Gasteiger charge is -2.15. The van der Waals surface area contributed by atoms with Crippen molar-refractivity contribution in [2.45, 2.75) is 30.7 Å². The highest BCUT2D eigenvalue weighted by Gasteiger charge is 2.53. The molecule has 0 radical (unpaired) electrons. The molecule has 126 valence electrons. The second-order valence-corrected chi connectivity index (χ2v) is 6.48. The van der Waals surface area contributed by atoms with Gasteiger partial charge in [0.2, 0.25) is 5.91 Å².